The van der Waals surface area contributed by atoms with Crippen molar-refractivity contribution in [2.24, 2.45) is 0 Å². The minimum atomic E-state index is -0.534. The lowest BCUT2D eigenvalue weighted by atomic mass is 10.5. The standard InChI is InChI=1S/C3H6Cl2O.C3H6Cl2/c4-1-3(6)2-5;4-2-1-3-5/h3,6H,1-2H2;1-3H2. The summed E-state index contributed by atoms with van der Waals surface area (Å²) in [5.41, 5.74) is 0. The molecule has 0 aromatic carbocycles. The number of alkyl halides is 4. The Morgan fingerprint density at radius 2 is 1.27 bits per heavy atom. The molecule has 0 rings (SSSR count). The molecule has 0 spiro atoms. The van der Waals surface area contributed by atoms with E-state index in [0.29, 0.717) is 11.8 Å². The first kappa shape index (κ1) is 14.6. The van der Waals surface area contributed by atoms with Gasteiger partial charge in [-0.25, -0.2) is 0 Å². The van der Waals surface area contributed by atoms with Crippen molar-refractivity contribution in [2.45, 2.75) is 12.5 Å². The van der Waals surface area contributed by atoms with Crippen molar-refractivity contribution in [1.82, 2.24) is 0 Å². The van der Waals surface area contributed by atoms with Gasteiger partial charge in [0.25, 0.3) is 0 Å². The Morgan fingerprint density at radius 1 is 0.909 bits per heavy atom. The van der Waals surface area contributed by atoms with Crippen molar-refractivity contribution >= 4 is 46.4 Å². The summed E-state index contributed by atoms with van der Waals surface area (Å²) < 4.78 is 0. The molecule has 0 saturated carbocycles. The molecule has 5 heteroatoms. The Balaban J connectivity index is 0. The molecule has 1 nitrogen and oxygen atoms in total. The van der Waals surface area contributed by atoms with Crippen molar-refractivity contribution in [3.63, 3.8) is 0 Å². The molecule has 70 valence electrons. The number of hydrogen-bond acceptors (Lipinski definition) is 1. The minimum Gasteiger partial charge on any atom is -0.391 e. The molecule has 0 aromatic heterocycles. The highest BCUT2D eigenvalue weighted by Gasteiger charge is 1.94. The van der Waals surface area contributed by atoms with Gasteiger partial charge >= 0.3 is 0 Å². The maximum atomic E-state index is 8.40. The van der Waals surface area contributed by atoms with Gasteiger partial charge in [0.05, 0.1) is 6.10 Å². The molecule has 0 atom stereocenters. The predicted molar refractivity (Wildman–Crippen MR) is 53.5 cm³/mol. The first-order valence-electron chi connectivity index (χ1n) is 3.14. The topological polar surface area (TPSA) is 20.2 Å². The van der Waals surface area contributed by atoms with Crippen molar-refractivity contribution in [3.05, 3.63) is 0 Å². The lowest BCUT2D eigenvalue weighted by molar-refractivity contribution is 0.222. The smallest absolute Gasteiger partial charge is 0.0810 e. The van der Waals surface area contributed by atoms with Crippen LogP contribution < -0.4 is 0 Å². The molecule has 0 aromatic rings. The van der Waals surface area contributed by atoms with Crippen LogP contribution >= 0.6 is 46.4 Å². The fourth-order valence-corrected chi connectivity index (χ4v) is 0.826. The van der Waals surface area contributed by atoms with Crippen LogP contribution in [0.5, 0.6) is 0 Å². The second kappa shape index (κ2) is 13.7. The molecule has 0 bridgehead atoms. The van der Waals surface area contributed by atoms with Gasteiger partial charge in [-0.2, -0.15) is 0 Å². The zero-order valence-electron chi connectivity index (χ0n) is 6.07. The summed E-state index contributed by atoms with van der Waals surface area (Å²) in [5, 5.41) is 8.40. The van der Waals surface area contributed by atoms with Crippen molar-refractivity contribution in [3.8, 4) is 0 Å². The van der Waals surface area contributed by atoms with Gasteiger partial charge in [-0.05, 0) is 6.42 Å². The van der Waals surface area contributed by atoms with Gasteiger partial charge in [-0.15, -0.1) is 46.4 Å². The molecule has 1 N–H and O–H groups in total. The van der Waals surface area contributed by atoms with Crippen molar-refractivity contribution < 1.29 is 5.11 Å². The fraction of sp³-hybridized carbons (Fsp3) is 1.00. The van der Waals surface area contributed by atoms with E-state index in [1.807, 2.05) is 0 Å². The third-order valence-electron chi connectivity index (χ3n) is 0.623. The maximum Gasteiger partial charge on any atom is 0.0810 e. The molecular formula is C6H12Cl4O. The Bertz CT molecular complexity index is 56.5. The van der Waals surface area contributed by atoms with Gasteiger partial charge in [0.1, 0.15) is 0 Å². The normalized spacial score (nSPS) is 9.27. The Kier molecular flexibility index (Phi) is 18.2. The predicted octanol–water partition coefficient (Wildman–Crippen LogP) is 2.68. The van der Waals surface area contributed by atoms with E-state index in [2.05, 4.69) is 0 Å². The molecule has 0 heterocycles. The first-order chi connectivity index (χ1) is 5.22. The molecule has 0 saturated heterocycles. The molecule has 0 aliphatic carbocycles. The van der Waals surface area contributed by atoms with Crippen LogP contribution in [0.25, 0.3) is 0 Å². The molecule has 11 heavy (non-hydrogen) atoms. The zero-order valence-corrected chi connectivity index (χ0v) is 9.10. The summed E-state index contributed by atoms with van der Waals surface area (Å²) in [6, 6.07) is 0. The third kappa shape index (κ3) is 18.2. The van der Waals surface area contributed by atoms with Crippen LogP contribution in [0, 0.1) is 0 Å². The fourth-order valence-electron chi connectivity index (χ4n) is 0.0917. The van der Waals surface area contributed by atoms with E-state index in [0.717, 1.165) is 6.42 Å². The quantitative estimate of drug-likeness (QED) is 0.751. The van der Waals surface area contributed by atoms with E-state index in [1.54, 1.807) is 0 Å². The molecule has 0 amide bonds. The second-order valence-corrected chi connectivity index (χ2v) is 3.07. The molecule has 0 radical (unpaired) electrons. The lowest BCUT2D eigenvalue weighted by Crippen LogP contribution is -2.08. The second-order valence-electron chi connectivity index (χ2n) is 1.69. The summed E-state index contributed by atoms with van der Waals surface area (Å²) in [4.78, 5) is 0. The average Bonchev–Trinajstić information content (AvgIpc) is 2.06. The maximum absolute atomic E-state index is 8.40. The zero-order chi connectivity index (χ0) is 9.11. The summed E-state index contributed by atoms with van der Waals surface area (Å²) >= 11 is 20.7. The number of aliphatic hydroxyl groups excluding tert-OH is 1. The van der Waals surface area contributed by atoms with Crippen LogP contribution in [0.2, 0.25) is 0 Å². The van der Waals surface area contributed by atoms with Gasteiger partial charge < -0.3 is 5.11 Å². The van der Waals surface area contributed by atoms with Gasteiger partial charge in [-0.3, -0.25) is 0 Å². The molecule has 0 aliphatic heterocycles. The van der Waals surface area contributed by atoms with Gasteiger partial charge in [0, 0.05) is 23.5 Å². The van der Waals surface area contributed by atoms with E-state index in [4.69, 9.17) is 51.5 Å². The van der Waals surface area contributed by atoms with E-state index >= 15 is 0 Å². The van der Waals surface area contributed by atoms with E-state index < -0.39 is 6.10 Å². The van der Waals surface area contributed by atoms with Crippen molar-refractivity contribution in [1.29, 1.82) is 0 Å². The monoisotopic (exact) mass is 240 g/mol. The van der Waals surface area contributed by atoms with Crippen LogP contribution in [0.15, 0.2) is 0 Å². The SMILES string of the molecule is ClCCCCl.OC(CCl)CCl. The van der Waals surface area contributed by atoms with Gasteiger partial charge in [0.15, 0.2) is 0 Å². The Morgan fingerprint density at radius 3 is 1.27 bits per heavy atom. The lowest BCUT2D eigenvalue weighted by Gasteiger charge is -1.94. The highest BCUT2D eigenvalue weighted by molar-refractivity contribution is 6.21. The van der Waals surface area contributed by atoms with Crippen LogP contribution in [0.4, 0.5) is 0 Å². The van der Waals surface area contributed by atoms with Gasteiger partial charge in [-0.1, -0.05) is 0 Å². The Labute approximate surface area is 87.6 Å². The molecular weight excluding hydrogens is 230 g/mol. The van der Waals surface area contributed by atoms with Gasteiger partial charge in [0.2, 0.25) is 0 Å². The summed E-state index contributed by atoms with van der Waals surface area (Å²) in [7, 11) is 0. The summed E-state index contributed by atoms with van der Waals surface area (Å²) in [5.74, 6) is 1.82. The van der Waals surface area contributed by atoms with Crippen LogP contribution in [-0.4, -0.2) is 34.7 Å². The average molecular weight is 242 g/mol. The van der Waals surface area contributed by atoms with E-state index in [-0.39, 0.29) is 11.8 Å². The first-order valence-corrected chi connectivity index (χ1v) is 5.28. The van der Waals surface area contributed by atoms with Crippen LogP contribution in [0.1, 0.15) is 6.42 Å². The molecule has 0 aliphatic rings. The largest absolute Gasteiger partial charge is 0.391 e. The number of aliphatic hydroxyl groups is 1. The minimum absolute atomic E-state index is 0.226. The number of halogens is 4. The summed E-state index contributed by atoms with van der Waals surface area (Å²) in [6.45, 7) is 0. The van der Waals surface area contributed by atoms with Crippen LogP contribution in [0.3, 0.4) is 0 Å². The molecule has 0 unspecified atom stereocenters. The highest BCUT2D eigenvalue weighted by Crippen LogP contribution is 1.88. The summed E-state index contributed by atoms with van der Waals surface area (Å²) in [6.07, 6.45) is 0.386. The van der Waals surface area contributed by atoms with E-state index in [9.17, 15) is 0 Å². The highest BCUT2D eigenvalue weighted by atomic mass is 35.5. The molecule has 0 fully saturated rings. The number of rotatable bonds is 4. The Hall–Kier alpha value is 1.12. The van der Waals surface area contributed by atoms with Crippen molar-refractivity contribution in [2.75, 3.05) is 23.5 Å². The van der Waals surface area contributed by atoms with Crippen LogP contribution in [-0.2, 0) is 0 Å². The van der Waals surface area contributed by atoms with E-state index in [1.165, 1.54) is 0 Å². The third-order valence-corrected chi connectivity index (χ3v) is 1.87. The number of hydrogen-bond donors (Lipinski definition) is 1.